The minimum atomic E-state index is -0.933. The van der Waals surface area contributed by atoms with Gasteiger partial charge in [0.15, 0.2) is 0 Å². The molecular formula is C16H16FNO3. The summed E-state index contributed by atoms with van der Waals surface area (Å²) in [5, 5.41) is 12.0. The van der Waals surface area contributed by atoms with Crippen LogP contribution in [0.3, 0.4) is 0 Å². The van der Waals surface area contributed by atoms with Crippen LogP contribution in [0.5, 0.6) is 0 Å². The van der Waals surface area contributed by atoms with E-state index in [1.165, 1.54) is 6.07 Å². The molecule has 2 aliphatic carbocycles. The fraction of sp³-hybridized carbons (Fsp3) is 0.375. The van der Waals surface area contributed by atoms with Gasteiger partial charge in [-0.1, -0.05) is 30.4 Å². The fourth-order valence-electron chi connectivity index (χ4n) is 3.46. The van der Waals surface area contributed by atoms with E-state index in [-0.39, 0.29) is 30.1 Å². The number of hydrogen-bond donors (Lipinski definition) is 2. The minimum Gasteiger partial charge on any atom is -0.481 e. The Morgan fingerprint density at radius 1 is 1.19 bits per heavy atom. The van der Waals surface area contributed by atoms with E-state index in [1.807, 2.05) is 12.2 Å². The fourth-order valence-corrected chi connectivity index (χ4v) is 3.46. The Kier molecular flexibility index (Phi) is 3.49. The monoisotopic (exact) mass is 289 g/mol. The van der Waals surface area contributed by atoms with Gasteiger partial charge in [0.2, 0.25) is 5.91 Å². The van der Waals surface area contributed by atoms with Gasteiger partial charge in [-0.15, -0.1) is 0 Å². The van der Waals surface area contributed by atoms with Gasteiger partial charge in [-0.2, -0.15) is 0 Å². The third-order valence-corrected chi connectivity index (χ3v) is 4.46. The van der Waals surface area contributed by atoms with Crippen molar-refractivity contribution in [1.29, 1.82) is 0 Å². The first kappa shape index (κ1) is 13.8. The molecule has 0 radical (unpaired) electrons. The van der Waals surface area contributed by atoms with Gasteiger partial charge in [-0.05, 0) is 24.3 Å². The van der Waals surface area contributed by atoms with Crippen molar-refractivity contribution in [3.05, 3.63) is 47.8 Å². The van der Waals surface area contributed by atoms with Gasteiger partial charge in [-0.25, -0.2) is 4.39 Å². The average molecular weight is 289 g/mol. The highest BCUT2D eigenvalue weighted by Crippen LogP contribution is 2.48. The van der Waals surface area contributed by atoms with Crippen LogP contribution in [0.1, 0.15) is 12.0 Å². The molecule has 1 aromatic carbocycles. The number of nitrogens with one attached hydrogen (secondary N) is 1. The summed E-state index contributed by atoms with van der Waals surface area (Å²) in [6, 6.07) is 6.22. The number of allylic oxidation sites excluding steroid dienone is 2. The van der Waals surface area contributed by atoms with E-state index in [9.17, 15) is 19.1 Å². The van der Waals surface area contributed by atoms with E-state index in [2.05, 4.69) is 5.32 Å². The Balaban J connectivity index is 1.69. The first-order valence-electron chi connectivity index (χ1n) is 7.00. The summed E-state index contributed by atoms with van der Waals surface area (Å²) in [7, 11) is 0. The molecule has 4 atom stereocenters. The van der Waals surface area contributed by atoms with E-state index in [0.29, 0.717) is 5.56 Å². The molecule has 0 spiro atoms. The Bertz CT molecular complexity index is 613. The van der Waals surface area contributed by atoms with Gasteiger partial charge >= 0.3 is 5.97 Å². The van der Waals surface area contributed by atoms with Gasteiger partial charge < -0.3 is 10.4 Å². The molecule has 1 aromatic rings. The van der Waals surface area contributed by atoms with E-state index < -0.39 is 17.8 Å². The molecule has 1 saturated carbocycles. The van der Waals surface area contributed by atoms with Crippen LogP contribution in [0.15, 0.2) is 36.4 Å². The molecule has 1 fully saturated rings. The quantitative estimate of drug-likeness (QED) is 0.833. The maximum absolute atomic E-state index is 13.5. The van der Waals surface area contributed by atoms with Crippen LogP contribution in [0, 0.1) is 29.5 Å². The number of rotatable bonds is 4. The third-order valence-electron chi connectivity index (χ3n) is 4.46. The van der Waals surface area contributed by atoms with Crippen LogP contribution < -0.4 is 5.32 Å². The summed E-state index contributed by atoms with van der Waals surface area (Å²) >= 11 is 0. The lowest BCUT2D eigenvalue weighted by Crippen LogP contribution is -2.40. The molecule has 0 aliphatic heterocycles. The summed E-state index contributed by atoms with van der Waals surface area (Å²) in [5.74, 6) is -2.90. The van der Waals surface area contributed by atoms with Crippen molar-refractivity contribution in [2.75, 3.05) is 0 Å². The molecular weight excluding hydrogens is 273 g/mol. The zero-order valence-corrected chi connectivity index (χ0v) is 11.3. The maximum Gasteiger partial charge on any atom is 0.307 e. The number of fused-ring (bicyclic) bond motifs is 2. The highest BCUT2D eigenvalue weighted by atomic mass is 19.1. The van der Waals surface area contributed by atoms with Gasteiger partial charge in [-0.3, -0.25) is 9.59 Å². The predicted molar refractivity (Wildman–Crippen MR) is 73.6 cm³/mol. The standard InChI is InChI=1S/C16H16FNO3/c17-12-4-2-1-3-11(12)8-18-15(19)13-9-5-6-10(7-9)14(13)16(20)21/h1-6,9-10,13-14H,7-8H2,(H,18,19)(H,20,21)/t9-,10-,13+,14-/m0/s1. The van der Waals surface area contributed by atoms with Crippen LogP contribution in [-0.2, 0) is 16.1 Å². The molecule has 0 saturated heterocycles. The van der Waals surface area contributed by atoms with E-state index in [0.717, 1.165) is 6.42 Å². The first-order valence-corrected chi connectivity index (χ1v) is 7.00. The normalized spacial score (nSPS) is 29.6. The number of carboxylic acid groups (broad SMARTS) is 1. The van der Waals surface area contributed by atoms with Crippen LogP contribution >= 0.6 is 0 Å². The number of aliphatic carboxylic acids is 1. The third kappa shape index (κ3) is 2.44. The highest BCUT2D eigenvalue weighted by Gasteiger charge is 2.51. The molecule has 2 N–H and O–H groups in total. The Labute approximate surface area is 121 Å². The SMILES string of the molecule is O=C(O)[C@@H]1[C@H](C(=O)NCc2ccccc2F)[C@H]2C=C[C@H]1C2. The zero-order valence-electron chi connectivity index (χ0n) is 11.3. The van der Waals surface area contributed by atoms with Crippen molar-refractivity contribution in [3.8, 4) is 0 Å². The van der Waals surface area contributed by atoms with Crippen LogP contribution in [-0.4, -0.2) is 17.0 Å². The number of hydrogen-bond acceptors (Lipinski definition) is 2. The largest absolute Gasteiger partial charge is 0.481 e. The highest BCUT2D eigenvalue weighted by molar-refractivity contribution is 5.86. The van der Waals surface area contributed by atoms with Crippen molar-refractivity contribution in [2.24, 2.45) is 23.7 Å². The zero-order chi connectivity index (χ0) is 15.0. The summed E-state index contributed by atoms with van der Waals surface area (Å²) in [5.41, 5.74) is 0.399. The predicted octanol–water partition coefficient (Wildman–Crippen LogP) is 1.96. The van der Waals surface area contributed by atoms with E-state index in [4.69, 9.17) is 0 Å². The second-order valence-electron chi connectivity index (χ2n) is 5.65. The van der Waals surface area contributed by atoms with Gasteiger partial charge in [0.25, 0.3) is 0 Å². The summed E-state index contributed by atoms with van der Waals surface area (Å²) in [6.45, 7) is 0.0788. The van der Waals surface area contributed by atoms with E-state index in [1.54, 1.807) is 18.2 Å². The van der Waals surface area contributed by atoms with Gasteiger partial charge in [0.1, 0.15) is 5.82 Å². The number of amides is 1. The lowest BCUT2D eigenvalue weighted by Gasteiger charge is -2.23. The van der Waals surface area contributed by atoms with Crippen LogP contribution in [0.25, 0.3) is 0 Å². The maximum atomic E-state index is 13.5. The number of carboxylic acids is 1. The smallest absolute Gasteiger partial charge is 0.307 e. The van der Waals surface area contributed by atoms with E-state index >= 15 is 0 Å². The summed E-state index contributed by atoms with van der Waals surface area (Å²) < 4.78 is 13.5. The molecule has 1 amide bonds. The molecule has 2 aliphatic rings. The molecule has 5 heteroatoms. The van der Waals surface area contributed by atoms with Crippen molar-refractivity contribution >= 4 is 11.9 Å². The number of benzene rings is 1. The van der Waals surface area contributed by atoms with Crippen molar-refractivity contribution in [3.63, 3.8) is 0 Å². The molecule has 21 heavy (non-hydrogen) atoms. The summed E-state index contributed by atoms with van der Waals surface area (Å²) in [6.07, 6.45) is 4.54. The number of carbonyl (C=O) groups excluding carboxylic acids is 1. The van der Waals surface area contributed by atoms with Gasteiger partial charge in [0, 0.05) is 12.1 Å². The van der Waals surface area contributed by atoms with Crippen LogP contribution in [0.4, 0.5) is 4.39 Å². The Hall–Kier alpha value is -2.17. The number of carbonyl (C=O) groups is 2. The second-order valence-corrected chi connectivity index (χ2v) is 5.65. The lowest BCUT2D eigenvalue weighted by molar-refractivity contribution is -0.147. The topological polar surface area (TPSA) is 66.4 Å². The first-order chi connectivity index (χ1) is 10.1. The van der Waals surface area contributed by atoms with Crippen LogP contribution in [0.2, 0.25) is 0 Å². The van der Waals surface area contributed by atoms with Gasteiger partial charge in [0.05, 0.1) is 11.8 Å². The molecule has 0 unspecified atom stereocenters. The molecule has 0 heterocycles. The molecule has 4 nitrogen and oxygen atoms in total. The number of halogens is 1. The molecule has 2 bridgehead atoms. The summed E-state index contributed by atoms with van der Waals surface area (Å²) in [4.78, 5) is 23.7. The molecule has 110 valence electrons. The van der Waals surface area contributed by atoms with Crippen molar-refractivity contribution < 1.29 is 19.1 Å². The lowest BCUT2D eigenvalue weighted by atomic mass is 9.82. The van der Waals surface area contributed by atoms with Crippen molar-refractivity contribution in [2.45, 2.75) is 13.0 Å². The Morgan fingerprint density at radius 3 is 2.52 bits per heavy atom. The second kappa shape index (κ2) is 5.31. The minimum absolute atomic E-state index is 0.0169. The molecule has 0 aromatic heterocycles. The molecule has 3 rings (SSSR count). The Morgan fingerprint density at radius 2 is 1.86 bits per heavy atom. The average Bonchev–Trinajstić information content (AvgIpc) is 3.06. The van der Waals surface area contributed by atoms with Crippen molar-refractivity contribution in [1.82, 2.24) is 5.32 Å².